The van der Waals surface area contributed by atoms with E-state index in [1.165, 1.54) is 0 Å². The molecule has 2 bridgehead atoms. The summed E-state index contributed by atoms with van der Waals surface area (Å²) in [5, 5.41) is 11.2. The van der Waals surface area contributed by atoms with E-state index in [1.807, 2.05) is 6.08 Å². The number of aliphatic carboxylic acids is 1. The first-order valence-corrected chi connectivity index (χ1v) is 6.01. The zero-order valence-corrected chi connectivity index (χ0v) is 9.17. The van der Waals surface area contributed by atoms with Gasteiger partial charge in [0.2, 0.25) is 5.91 Å². The van der Waals surface area contributed by atoms with Crippen LogP contribution in [0.3, 0.4) is 0 Å². The molecule has 1 spiro atoms. The Hall–Kier alpha value is -1.36. The monoisotopic (exact) mass is 234 g/mol. The molecule has 0 radical (unpaired) electrons. The number of ether oxygens (including phenoxy) is 1. The number of hydrogen-bond acceptors (Lipinski definition) is 4. The number of carboxylic acids is 1. The molecule has 3 fully saturated rings. The lowest BCUT2D eigenvalue weighted by Gasteiger charge is -2.24. The first-order valence-electron chi connectivity index (χ1n) is 6.01. The van der Waals surface area contributed by atoms with Crippen molar-refractivity contribution in [2.45, 2.75) is 30.6 Å². The topological polar surface area (TPSA) is 69.7 Å². The zero-order chi connectivity index (χ0) is 11.8. The second-order valence-electron chi connectivity index (χ2n) is 5.42. The van der Waals surface area contributed by atoms with Crippen LogP contribution in [0.4, 0.5) is 0 Å². The van der Waals surface area contributed by atoms with E-state index in [9.17, 15) is 14.7 Å². The van der Waals surface area contributed by atoms with Crippen LogP contribution in [0.2, 0.25) is 0 Å². The summed E-state index contributed by atoms with van der Waals surface area (Å²) in [5.74, 6) is -2.61. The van der Waals surface area contributed by atoms with Gasteiger partial charge in [-0.05, 0) is 12.8 Å². The Morgan fingerprint density at radius 3 is 2.94 bits per heavy atom. The fourth-order valence-electron chi connectivity index (χ4n) is 3.49. The maximum atomic E-state index is 12.3. The smallest absolute Gasteiger partial charge is 0.230 e. The molecule has 3 aliphatic heterocycles. The van der Waals surface area contributed by atoms with Gasteiger partial charge in [0.15, 0.2) is 0 Å². The molecule has 1 aliphatic carbocycles. The number of amides is 1. The summed E-state index contributed by atoms with van der Waals surface area (Å²) in [5.41, 5.74) is -0.685. The van der Waals surface area contributed by atoms with Gasteiger partial charge in [-0.25, -0.2) is 0 Å². The summed E-state index contributed by atoms with van der Waals surface area (Å²) >= 11 is 0. The lowest BCUT2D eigenvalue weighted by molar-refractivity contribution is -0.313. The Morgan fingerprint density at radius 2 is 2.29 bits per heavy atom. The molecule has 4 aliphatic rings. The summed E-state index contributed by atoms with van der Waals surface area (Å²) in [7, 11) is 0. The molecule has 1 saturated carbocycles. The van der Waals surface area contributed by atoms with Gasteiger partial charge in [-0.2, -0.15) is 0 Å². The van der Waals surface area contributed by atoms with Crippen molar-refractivity contribution in [1.29, 1.82) is 0 Å². The summed E-state index contributed by atoms with van der Waals surface area (Å²) in [6.45, 7) is 0.512. The number of carbonyl (C=O) groups is 2. The Balaban J connectivity index is 1.76. The molecule has 17 heavy (non-hydrogen) atoms. The van der Waals surface area contributed by atoms with Crippen LogP contribution in [0.1, 0.15) is 12.8 Å². The van der Waals surface area contributed by atoms with Crippen LogP contribution < -0.4 is 5.11 Å². The highest BCUT2D eigenvalue weighted by Gasteiger charge is 2.66. The second kappa shape index (κ2) is 2.72. The Morgan fingerprint density at radius 1 is 1.53 bits per heavy atom. The third-order valence-electron chi connectivity index (χ3n) is 4.39. The van der Waals surface area contributed by atoms with Gasteiger partial charge < -0.3 is 19.5 Å². The van der Waals surface area contributed by atoms with Crippen LogP contribution in [-0.2, 0) is 14.3 Å². The minimum absolute atomic E-state index is 0.0615. The Bertz CT molecular complexity index is 455. The van der Waals surface area contributed by atoms with E-state index in [0.717, 1.165) is 12.8 Å². The van der Waals surface area contributed by atoms with Crippen molar-refractivity contribution in [3.05, 3.63) is 12.2 Å². The number of carbonyl (C=O) groups excluding carboxylic acids is 2. The van der Waals surface area contributed by atoms with Gasteiger partial charge in [0.05, 0.1) is 18.6 Å². The minimum Gasteiger partial charge on any atom is -0.550 e. The van der Waals surface area contributed by atoms with Gasteiger partial charge in [0.1, 0.15) is 5.60 Å². The van der Waals surface area contributed by atoms with Crippen molar-refractivity contribution < 1.29 is 19.4 Å². The molecule has 2 saturated heterocycles. The van der Waals surface area contributed by atoms with E-state index in [4.69, 9.17) is 4.74 Å². The maximum absolute atomic E-state index is 12.3. The summed E-state index contributed by atoms with van der Waals surface area (Å²) in [6.07, 6.45) is 5.22. The number of hydrogen-bond donors (Lipinski definition) is 0. The highest BCUT2D eigenvalue weighted by molar-refractivity contribution is 5.90. The van der Waals surface area contributed by atoms with E-state index >= 15 is 0 Å². The first-order chi connectivity index (χ1) is 8.12. The fourth-order valence-corrected chi connectivity index (χ4v) is 3.49. The molecular formula is C12H12NO4-. The van der Waals surface area contributed by atoms with E-state index in [2.05, 4.69) is 0 Å². The molecule has 0 unspecified atom stereocenters. The molecule has 1 amide bonds. The molecule has 5 heteroatoms. The van der Waals surface area contributed by atoms with Gasteiger partial charge in [-0.15, -0.1) is 0 Å². The standard InChI is InChI=1S/C12H13NO4/c14-10-9-8(11(15)16)7-3-4-12(9,17-7)5-13(10)6-1-2-6/h3-4,6-9H,1-2,5H2,(H,15,16)/p-1/t7-,8+,9-,12-/m1/s1. The van der Waals surface area contributed by atoms with Gasteiger partial charge in [-0.3, -0.25) is 4.79 Å². The zero-order valence-electron chi connectivity index (χ0n) is 9.17. The lowest BCUT2D eigenvalue weighted by atomic mass is 9.77. The molecule has 90 valence electrons. The van der Waals surface area contributed by atoms with E-state index in [1.54, 1.807) is 11.0 Å². The largest absolute Gasteiger partial charge is 0.550 e. The third-order valence-corrected chi connectivity index (χ3v) is 4.39. The van der Waals surface area contributed by atoms with Crippen LogP contribution >= 0.6 is 0 Å². The fraction of sp³-hybridized carbons (Fsp3) is 0.667. The van der Waals surface area contributed by atoms with Crippen LogP contribution in [0.5, 0.6) is 0 Å². The molecule has 0 aromatic rings. The van der Waals surface area contributed by atoms with Crippen molar-refractivity contribution in [2.75, 3.05) is 6.54 Å². The van der Waals surface area contributed by atoms with Crippen molar-refractivity contribution >= 4 is 11.9 Å². The van der Waals surface area contributed by atoms with Crippen molar-refractivity contribution in [2.24, 2.45) is 11.8 Å². The molecule has 3 heterocycles. The predicted molar refractivity (Wildman–Crippen MR) is 53.5 cm³/mol. The number of carboxylic acid groups (broad SMARTS) is 1. The van der Waals surface area contributed by atoms with Crippen LogP contribution in [0.15, 0.2) is 12.2 Å². The maximum Gasteiger partial charge on any atom is 0.230 e. The van der Waals surface area contributed by atoms with Crippen molar-refractivity contribution in [3.8, 4) is 0 Å². The third kappa shape index (κ3) is 1.03. The van der Waals surface area contributed by atoms with E-state index in [0.29, 0.717) is 12.6 Å². The molecule has 0 aromatic heterocycles. The second-order valence-corrected chi connectivity index (χ2v) is 5.42. The normalized spacial score (nSPS) is 46.7. The van der Waals surface area contributed by atoms with Crippen LogP contribution in [-0.4, -0.2) is 41.1 Å². The first kappa shape index (κ1) is 9.65. The summed E-state index contributed by atoms with van der Waals surface area (Å²) < 4.78 is 5.74. The highest BCUT2D eigenvalue weighted by atomic mass is 16.5. The SMILES string of the molecule is O=C([O-])[C@H]1[C@H]2C=C[C@]3(CN(C4CC4)C(=O)[C@@H]13)O2. The van der Waals surface area contributed by atoms with Crippen molar-refractivity contribution in [3.63, 3.8) is 0 Å². The number of rotatable bonds is 2. The minimum atomic E-state index is -1.17. The molecule has 0 aromatic carbocycles. The van der Waals surface area contributed by atoms with Crippen LogP contribution in [0, 0.1) is 11.8 Å². The lowest BCUT2D eigenvalue weighted by Crippen LogP contribution is -2.45. The van der Waals surface area contributed by atoms with Gasteiger partial charge in [0.25, 0.3) is 0 Å². The van der Waals surface area contributed by atoms with Gasteiger partial charge in [-0.1, -0.05) is 12.2 Å². The van der Waals surface area contributed by atoms with Crippen molar-refractivity contribution in [1.82, 2.24) is 4.90 Å². The molecular weight excluding hydrogens is 222 g/mol. The Kier molecular flexibility index (Phi) is 1.54. The molecule has 5 nitrogen and oxygen atoms in total. The molecule has 4 atom stereocenters. The van der Waals surface area contributed by atoms with Gasteiger partial charge >= 0.3 is 0 Å². The average molecular weight is 234 g/mol. The quantitative estimate of drug-likeness (QED) is 0.556. The molecule has 0 N–H and O–H groups in total. The Labute approximate surface area is 98.0 Å². The van der Waals surface area contributed by atoms with E-state index < -0.39 is 29.5 Å². The number of likely N-dealkylation sites (tertiary alicyclic amines) is 1. The number of fused-ring (bicyclic) bond motifs is 1. The van der Waals surface area contributed by atoms with E-state index in [-0.39, 0.29) is 5.91 Å². The van der Waals surface area contributed by atoms with Gasteiger partial charge in [0, 0.05) is 17.9 Å². The highest BCUT2D eigenvalue weighted by Crippen LogP contribution is 2.53. The number of nitrogens with zero attached hydrogens (tertiary/aromatic N) is 1. The molecule has 4 rings (SSSR count). The summed E-state index contributed by atoms with van der Waals surface area (Å²) in [4.78, 5) is 25.3. The average Bonchev–Trinajstić information content (AvgIpc) is 2.89. The predicted octanol–water partition coefficient (Wildman–Crippen LogP) is -1.32. The summed E-state index contributed by atoms with van der Waals surface area (Å²) in [6, 6.07) is 0.306. The van der Waals surface area contributed by atoms with Crippen LogP contribution in [0.25, 0.3) is 0 Å².